The van der Waals surface area contributed by atoms with E-state index in [2.05, 4.69) is 20.9 Å². The van der Waals surface area contributed by atoms with E-state index in [0.29, 0.717) is 11.6 Å². The fraction of sp³-hybridized carbons (Fsp3) is 0.214. The normalized spacial score (nSPS) is 10.4. The van der Waals surface area contributed by atoms with Crippen LogP contribution in [0.1, 0.15) is 18.2 Å². The molecule has 0 amide bonds. The molecular formula is C14H14BrNO2. The van der Waals surface area contributed by atoms with Crippen LogP contribution in [0.2, 0.25) is 0 Å². The van der Waals surface area contributed by atoms with Gasteiger partial charge in [0, 0.05) is 11.8 Å². The molecule has 1 aromatic heterocycles. The van der Waals surface area contributed by atoms with Crippen LogP contribution < -0.4 is 4.74 Å². The third kappa shape index (κ3) is 3.09. The first kappa shape index (κ1) is 13.1. The van der Waals surface area contributed by atoms with Gasteiger partial charge in [0.05, 0.1) is 11.1 Å². The minimum atomic E-state index is -0.0121. The van der Waals surface area contributed by atoms with Crippen molar-refractivity contribution in [3.8, 4) is 11.6 Å². The lowest BCUT2D eigenvalue weighted by Crippen LogP contribution is -1.96. The van der Waals surface area contributed by atoms with E-state index in [1.165, 1.54) is 0 Å². The Morgan fingerprint density at radius 1 is 1.28 bits per heavy atom. The van der Waals surface area contributed by atoms with E-state index in [0.717, 1.165) is 22.2 Å². The highest BCUT2D eigenvalue weighted by Crippen LogP contribution is 2.28. The summed E-state index contributed by atoms with van der Waals surface area (Å²) >= 11 is 3.42. The van der Waals surface area contributed by atoms with Gasteiger partial charge in [-0.2, -0.15) is 0 Å². The molecule has 0 saturated carbocycles. The summed E-state index contributed by atoms with van der Waals surface area (Å²) < 4.78 is 6.60. The molecule has 18 heavy (non-hydrogen) atoms. The van der Waals surface area contributed by atoms with Crippen molar-refractivity contribution in [1.82, 2.24) is 4.98 Å². The molecule has 0 fully saturated rings. The van der Waals surface area contributed by atoms with E-state index in [-0.39, 0.29) is 6.61 Å². The maximum absolute atomic E-state index is 9.21. The number of halogens is 1. The molecule has 1 aromatic carbocycles. The molecule has 0 saturated heterocycles. The molecule has 0 aliphatic carbocycles. The Morgan fingerprint density at radius 3 is 2.72 bits per heavy atom. The van der Waals surface area contributed by atoms with Crippen LogP contribution in [0.3, 0.4) is 0 Å². The lowest BCUT2D eigenvalue weighted by molar-refractivity contribution is 0.281. The number of benzene rings is 1. The van der Waals surface area contributed by atoms with Gasteiger partial charge in [0.25, 0.3) is 0 Å². The quantitative estimate of drug-likeness (QED) is 0.936. The Bertz CT molecular complexity index is 521. The van der Waals surface area contributed by atoms with Gasteiger partial charge in [-0.15, -0.1) is 0 Å². The summed E-state index contributed by atoms with van der Waals surface area (Å²) in [7, 11) is 0. The van der Waals surface area contributed by atoms with E-state index in [4.69, 9.17) is 4.74 Å². The van der Waals surface area contributed by atoms with Crippen LogP contribution in [0.5, 0.6) is 11.6 Å². The van der Waals surface area contributed by atoms with Gasteiger partial charge < -0.3 is 9.84 Å². The topological polar surface area (TPSA) is 42.4 Å². The Morgan fingerprint density at radius 2 is 2.06 bits per heavy atom. The molecule has 0 spiro atoms. The first-order chi connectivity index (χ1) is 8.72. The second kappa shape index (κ2) is 5.98. The number of para-hydroxylation sites is 1. The van der Waals surface area contributed by atoms with E-state index >= 15 is 0 Å². The second-order valence-corrected chi connectivity index (χ2v) is 4.70. The summed E-state index contributed by atoms with van der Waals surface area (Å²) in [6, 6.07) is 11.2. The molecule has 0 aliphatic heterocycles. The van der Waals surface area contributed by atoms with Crippen molar-refractivity contribution < 1.29 is 9.84 Å². The molecule has 0 radical (unpaired) electrons. The minimum absolute atomic E-state index is 0.0121. The van der Waals surface area contributed by atoms with Gasteiger partial charge in [-0.3, -0.25) is 0 Å². The lowest BCUT2D eigenvalue weighted by atomic mass is 10.2. The standard InChI is InChI=1S/C14H14BrNO2/c1-2-11-7-10(9-17)8-14(16-11)18-13-6-4-3-5-12(13)15/h3-8,17H,2,9H2,1H3. The van der Waals surface area contributed by atoms with Crippen LogP contribution in [0, 0.1) is 0 Å². The molecule has 0 atom stereocenters. The Labute approximate surface area is 115 Å². The Hall–Kier alpha value is -1.39. The van der Waals surface area contributed by atoms with E-state index in [9.17, 15) is 5.11 Å². The van der Waals surface area contributed by atoms with Gasteiger partial charge in [-0.05, 0) is 46.1 Å². The molecular weight excluding hydrogens is 294 g/mol. The van der Waals surface area contributed by atoms with Gasteiger partial charge in [0.2, 0.25) is 5.88 Å². The number of hydrogen-bond donors (Lipinski definition) is 1. The number of aryl methyl sites for hydroxylation is 1. The van der Waals surface area contributed by atoms with Gasteiger partial charge >= 0.3 is 0 Å². The monoisotopic (exact) mass is 307 g/mol. The predicted molar refractivity (Wildman–Crippen MR) is 73.8 cm³/mol. The molecule has 1 N–H and O–H groups in total. The van der Waals surface area contributed by atoms with Gasteiger partial charge in [-0.1, -0.05) is 19.1 Å². The summed E-state index contributed by atoms with van der Waals surface area (Å²) in [5, 5.41) is 9.21. The van der Waals surface area contributed by atoms with Crippen LogP contribution in [-0.2, 0) is 13.0 Å². The van der Waals surface area contributed by atoms with E-state index in [1.54, 1.807) is 6.07 Å². The zero-order chi connectivity index (χ0) is 13.0. The van der Waals surface area contributed by atoms with Crippen molar-refractivity contribution >= 4 is 15.9 Å². The van der Waals surface area contributed by atoms with Crippen molar-refractivity contribution in [3.63, 3.8) is 0 Å². The summed E-state index contributed by atoms with van der Waals surface area (Å²) in [6.07, 6.45) is 0.806. The average molecular weight is 308 g/mol. The Kier molecular flexibility index (Phi) is 4.33. The molecule has 94 valence electrons. The average Bonchev–Trinajstić information content (AvgIpc) is 2.41. The second-order valence-electron chi connectivity index (χ2n) is 3.85. The molecule has 0 unspecified atom stereocenters. The highest BCUT2D eigenvalue weighted by molar-refractivity contribution is 9.10. The fourth-order valence-corrected chi connectivity index (χ4v) is 1.95. The number of pyridine rings is 1. The summed E-state index contributed by atoms with van der Waals surface area (Å²) in [5.41, 5.74) is 1.72. The maximum atomic E-state index is 9.21. The fourth-order valence-electron chi connectivity index (χ4n) is 1.59. The van der Waals surface area contributed by atoms with Gasteiger partial charge in [0.15, 0.2) is 0 Å². The SMILES string of the molecule is CCc1cc(CO)cc(Oc2ccccc2Br)n1. The zero-order valence-electron chi connectivity index (χ0n) is 10.1. The molecule has 1 heterocycles. The number of aliphatic hydroxyl groups excluding tert-OH is 1. The van der Waals surface area contributed by atoms with Gasteiger partial charge in [0.1, 0.15) is 5.75 Å². The maximum Gasteiger partial charge on any atom is 0.219 e. The van der Waals surface area contributed by atoms with Crippen LogP contribution in [0.4, 0.5) is 0 Å². The first-order valence-electron chi connectivity index (χ1n) is 5.76. The highest BCUT2D eigenvalue weighted by atomic mass is 79.9. The number of rotatable bonds is 4. The molecule has 2 rings (SSSR count). The van der Waals surface area contributed by atoms with Crippen LogP contribution in [0.15, 0.2) is 40.9 Å². The molecule has 3 nitrogen and oxygen atoms in total. The van der Waals surface area contributed by atoms with Crippen molar-refractivity contribution in [2.45, 2.75) is 20.0 Å². The van der Waals surface area contributed by atoms with Crippen LogP contribution >= 0.6 is 15.9 Å². The first-order valence-corrected chi connectivity index (χ1v) is 6.55. The minimum Gasteiger partial charge on any atom is -0.438 e. The van der Waals surface area contributed by atoms with E-state index in [1.807, 2.05) is 37.3 Å². The summed E-state index contributed by atoms with van der Waals surface area (Å²) in [6.45, 7) is 2.01. The molecule has 0 aliphatic rings. The van der Waals surface area contributed by atoms with Crippen molar-refractivity contribution in [3.05, 3.63) is 52.1 Å². The van der Waals surface area contributed by atoms with Crippen LogP contribution in [-0.4, -0.2) is 10.1 Å². The summed E-state index contributed by atoms with van der Waals surface area (Å²) in [5.74, 6) is 1.22. The molecule has 0 bridgehead atoms. The highest BCUT2D eigenvalue weighted by Gasteiger charge is 2.06. The molecule has 4 heteroatoms. The Balaban J connectivity index is 2.31. The number of ether oxygens (including phenoxy) is 1. The van der Waals surface area contributed by atoms with Crippen molar-refractivity contribution in [2.75, 3.05) is 0 Å². The number of hydrogen-bond acceptors (Lipinski definition) is 3. The van der Waals surface area contributed by atoms with Gasteiger partial charge in [-0.25, -0.2) is 4.98 Å². The number of nitrogens with zero attached hydrogens (tertiary/aromatic N) is 1. The third-order valence-corrected chi connectivity index (χ3v) is 3.17. The van der Waals surface area contributed by atoms with Crippen molar-refractivity contribution in [2.24, 2.45) is 0 Å². The number of aromatic nitrogens is 1. The molecule has 2 aromatic rings. The largest absolute Gasteiger partial charge is 0.438 e. The predicted octanol–water partition coefficient (Wildman–Crippen LogP) is 3.69. The van der Waals surface area contributed by atoms with Crippen LogP contribution in [0.25, 0.3) is 0 Å². The van der Waals surface area contributed by atoms with Crippen molar-refractivity contribution in [1.29, 1.82) is 0 Å². The third-order valence-electron chi connectivity index (χ3n) is 2.51. The zero-order valence-corrected chi connectivity index (χ0v) is 11.6. The number of aliphatic hydroxyl groups is 1. The smallest absolute Gasteiger partial charge is 0.219 e. The van der Waals surface area contributed by atoms with E-state index < -0.39 is 0 Å². The lowest BCUT2D eigenvalue weighted by Gasteiger charge is -2.09. The summed E-state index contributed by atoms with van der Waals surface area (Å²) in [4.78, 5) is 4.38.